The van der Waals surface area contributed by atoms with E-state index in [1.165, 1.54) is 29.7 Å². The zero-order chi connectivity index (χ0) is 24.5. The Hall–Kier alpha value is -3.59. The summed E-state index contributed by atoms with van der Waals surface area (Å²) in [6.45, 7) is 5.78. The zero-order valence-electron chi connectivity index (χ0n) is 18.7. The van der Waals surface area contributed by atoms with Gasteiger partial charge in [-0.05, 0) is 73.9 Å². The number of alkyl halides is 3. The van der Waals surface area contributed by atoms with Gasteiger partial charge in [-0.3, -0.25) is 4.79 Å². The van der Waals surface area contributed by atoms with Gasteiger partial charge in [-0.2, -0.15) is 13.2 Å². The van der Waals surface area contributed by atoms with Gasteiger partial charge in [-0.1, -0.05) is 12.1 Å². The van der Waals surface area contributed by atoms with Crippen LogP contribution in [0, 0.1) is 20.8 Å². The summed E-state index contributed by atoms with van der Waals surface area (Å²) in [6.07, 6.45) is -1.36. The maximum Gasteiger partial charge on any atom is 0.416 e. The Bertz CT molecular complexity index is 1300. The molecule has 0 unspecified atom stereocenters. The molecule has 4 aromatic rings. The minimum atomic E-state index is -4.43. The summed E-state index contributed by atoms with van der Waals surface area (Å²) < 4.78 is 44.7. The highest BCUT2D eigenvalue weighted by molar-refractivity contribution is 7.16. The number of amides is 1. The molecule has 3 aromatic heterocycles. The number of aromatic nitrogens is 1. The lowest BCUT2D eigenvalue weighted by molar-refractivity contribution is -0.137. The van der Waals surface area contributed by atoms with Crippen molar-refractivity contribution in [2.75, 3.05) is 10.6 Å². The van der Waals surface area contributed by atoms with E-state index in [0.717, 1.165) is 33.7 Å². The summed E-state index contributed by atoms with van der Waals surface area (Å²) in [7, 11) is 0. The monoisotopic (exact) mass is 485 g/mol. The van der Waals surface area contributed by atoms with Crippen LogP contribution in [-0.4, -0.2) is 10.9 Å². The molecule has 0 spiro atoms. The Morgan fingerprint density at radius 1 is 1.09 bits per heavy atom. The van der Waals surface area contributed by atoms with Gasteiger partial charge in [-0.15, -0.1) is 11.3 Å². The fraction of sp³-hybridized carbons (Fsp3) is 0.200. The highest BCUT2D eigenvalue weighted by atomic mass is 32.1. The molecule has 0 bridgehead atoms. The van der Waals surface area contributed by atoms with Crippen LogP contribution in [-0.2, 0) is 6.18 Å². The number of nitrogens with zero attached hydrogens (tertiary/aromatic N) is 1. The van der Waals surface area contributed by atoms with Crippen molar-refractivity contribution in [3.05, 3.63) is 99.4 Å². The number of nitrogens with one attached hydrogen (secondary N) is 2. The van der Waals surface area contributed by atoms with Crippen molar-refractivity contribution in [3.8, 4) is 0 Å². The van der Waals surface area contributed by atoms with Crippen LogP contribution in [0.2, 0.25) is 0 Å². The van der Waals surface area contributed by atoms with Crippen molar-refractivity contribution in [3.63, 3.8) is 0 Å². The molecule has 1 amide bonds. The first-order valence-electron chi connectivity index (χ1n) is 10.4. The number of pyridine rings is 1. The first-order chi connectivity index (χ1) is 16.1. The molecule has 3 heterocycles. The fourth-order valence-electron chi connectivity index (χ4n) is 3.61. The highest BCUT2D eigenvalue weighted by Gasteiger charge is 2.31. The predicted octanol–water partition coefficient (Wildman–Crippen LogP) is 7.13. The van der Waals surface area contributed by atoms with Crippen molar-refractivity contribution in [1.82, 2.24) is 4.98 Å². The smallest absolute Gasteiger partial charge is 0.416 e. The van der Waals surface area contributed by atoms with Crippen LogP contribution in [0.4, 0.5) is 24.0 Å². The lowest BCUT2D eigenvalue weighted by Gasteiger charge is -2.23. The molecule has 0 fully saturated rings. The summed E-state index contributed by atoms with van der Waals surface area (Å²) in [4.78, 5) is 18.0. The van der Waals surface area contributed by atoms with Crippen molar-refractivity contribution in [2.24, 2.45) is 0 Å². The highest BCUT2D eigenvalue weighted by Crippen LogP contribution is 2.41. The number of halogens is 3. The Kier molecular flexibility index (Phi) is 6.47. The van der Waals surface area contributed by atoms with Gasteiger partial charge < -0.3 is 15.1 Å². The molecule has 9 heteroatoms. The van der Waals surface area contributed by atoms with Crippen LogP contribution in [0.15, 0.2) is 65.4 Å². The number of thiophene rings is 1. The topological polar surface area (TPSA) is 67.2 Å². The van der Waals surface area contributed by atoms with E-state index in [2.05, 4.69) is 15.6 Å². The second-order valence-corrected chi connectivity index (χ2v) is 9.10. The molecule has 0 aliphatic carbocycles. The number of carbonyl (C=O) groups is 1. The number of hydrogen-bond donors (Lipinski definition) is 2. The third-order valence-electron chi connectivity index (χ3n) is 5.47. The number of hydrogen-bond acceptors (Lipinski definition) is 5. The number of carbonyl (C=O) groups excluding carboxylic acids is 1. The average molecular weight is 486 g/mol. The van der Waals surface area contributed by atoms with Crippen molar-refractivity contribution >= 4 is 28.1 Å². The van der Waals surface area contributed by atoms with Crippen LogP contribution in [0.25, 0.3) is 0 Å². The number of aryl methyl sites for hydroxylation is 2. The summed E-state index contributed by atoms with van der Waals surface area (Å²) in [5.74, 6) is 0.317. The molecule has 4 rings (SSSR count). The third-order valence-corrected chi connectivity index (χ3v) is 6.61. The Morgan fingerprint density at radius 2 is 1.82 bits per heavy atom. The van der Waals surface area contributed by atoms with Gasteiger partial charge in [-0.25, -0.2) is 4.98 Å². The number of furan rings is 1. The van der Waals surface area contributed by atoms with Crippen LogP contribution in [0.1, 0.15) is 49.3 Å². The van der Waals surface area contributed by atoms with Crippen molar-refractivity contribution in [2.45, 2.75) is 33.0 Å². The molecule has 0 aliphatic rings. The molecule has 5 nitrogen and oxygen atoms in total. The minimum Gasteiger partial charge on any atom is -0.459 e. The SMILES string of the molecule is Cc1ccnc(N[C@H](c2ccc(C(F)(F)F)cc2)c2c(NC(=O)c3ccco3)sc(C)c2C)c1. The summed E-state index contributed by atoms with van der Waals surface area (Å²) in [6, 6.07) is 11.3. The van der Waals surface area contributed by atoms with E-state index in [4.69, 9.17) is 4.42 Å². The standard InChI is InChI=1S/C25H22F3N3O2S/c1-14-10-11-29-20(13-14)30-22(17-6-8-18(9-7-17)25(26,27)28)21-15(2)16(3)34-24(21)31-23(32)19-5-4-12-33-19/h4-13,22H,1-3H3,(H,29,30)(H,31,32)/t22-/m1/s1. The lowest BCUT2D eigenvalue weighted by Crippen LogP contribution is -2.18. The van der Waals surface area contributed by atoms with Gasteiger partial charge in [0.05, 0.1) is 17.9 Å². The normalized spacial score (nSPS) is 12.4. The third kappa shape index (κ3) is 4.99. The second-order valence-electron chi connectivity index (χ2n) is 7.87. The van der Waals surface area contributed by atoms with Crippen molar-refractivity contribution < 1.29 is 22.4 Å². The number of rotatable bonds is 6. The van der Waals surface area contributed by atoms with Gasteiger partial charge in [0.2, 0.25) is 0 Å². The van der Waals surface area contributed by atoms with E-state index in [0.29, 0.717) is 16.4 Å². The van der Waals surface area contributed by atoms with Crippen LogP contribution >= 0.6 is 11.3 Å². The average Bonchev–Trinajstić information content (AvgIpc) is 3.41. The van der Waals surface area contributed by atoms with E-state index in [9.17, 15) is 18.0 Å². The summed E-state index contributed by atoms with van der Waals surface area (Å²) in [5.41, 5.74) is 2.53. The molecule has 0 saturated carbocycles. The van der Waals surface area contributed by atoms with Crippen LogP contribution in [0.3, 0.4) is 0 Å². The quantitative estimate of drug-likeness (QED) is 0.305. The Balaban J connectivity index is 1.79. The largest absolute Gasteiger partial charge is 0.459 e. The number of anilines is 2. The van der Waals surface area contributed by atoms with Gasteiger partial charge in [0.25, 0.3) is 5.91 Å². The molecule has 176 valence electrons. The van der Waals surface area contributed by atoms with Gasteiger partial charge in [0, 0.05) is 16.6 Å². The second kappa shape index (κ2) is 9.34. The molecule has 0 radical (unpaired) electrons. The molecule has 2 N–H and O–H groups in total. The Morgan fingerprint density at radius 3 is 2.44 bits per heavy atom. The van der Waals surface area contributed by atoms with Crippen molar-refractivity contribution in [1.29, 1.82) is 0 Å². The lowest BCUT2D eigenvalue weighted by atomic mass is 9.95. The minimum absolute atomic E-state index is 0.161. The summed E-state index contributed by atoms with van der Waals surface area (Å²) in [5, 5.41) is 6.84. The van der Waals surface area contributed by atoms with Crippen LogP contribution < -0.4 is 10.6 Å². The van der Waals surface area contributed by atoms with E-state index in [1.54, 1.807) is 18.3 Å². The molecular weight excluding hydrogens is 463 g/mol. The Labute approximate surface area is 198 Å². The number of benzene rings is 1. The molecule has 0 saturated heterocycles. The zero-order valence-corrected chi connectivity index (χ0v) is 19.5. The van der Waals surface area contributed by atoms with E-state index >= 15 is 0 Å². The molecular formula is C25H22F3N3O2S. The van der Waals surface area contributed by atoms with E-state index in [-0.39, 0.29) is 5.76 Å². The molecule has 0 aliphatic heterocycles. The fourth-order valence-corrected chi connectivity index (χ4v) is 4.70. The maximum absolute atomic E-state index is 13.2. The first kappa shape index (κ1) is 23.6. The van der Waals surface area contributed by atoms with E-state index < -0.39 is 23.7 Å². The van der Waals surface area contributed by atoms with Crippen LogP contribution in [0.5, 0.6) is 0 Å². The van der Waals surface area contributed by atoms with Gasteiger partial charge in [0.15, 0.2) is 5.76 Å². The maximum atomic E-state index is 13.2. The first-order valence-corrected chi connectivity index (χ1v) is 11.3. The summed E-state index contributed by atoms with van der Waals surface area (Å²) >= 11 is 1.40. The molecule has 1 aromatic carbocycles. The predicted molar refractivity (Wildman–Crippen MR) is 126 cm³/mol. The van der Waals surface area contributed by atoms with Gasteiger partial charge >= 0.3 is 6.18 Å². The molecule has 1 atom stereocenters. The van der Waals surface area contributed by atoms with E-state index in [1.807, 2.05) is 32.9 Å². The van der Waals surface area contributed by atoms with Gasteiger partial charge in [0.1, 0.15) is 10.8 Å². The molecule has 34 heavy (non-hydrogen) atoms.